The lowest BCUT2D eigenvalue weighted by Gasteiger charge is -2.27. The van der Waals surface area contributed by atoms with Crippen LogP contribution in [0.4, 0.5) is 24.8 Å². The van der Waals surface area contributed by atoms with Gasteiger partial charge in [-0.1, -0.05) is 11.8 Å². The van der Waals surface area contributed by atoms with Crippen molar-refractivity contribution in [3.8, 4) is 0 Å². The second kappa shape index (κ2) is 9.94. The van der Waals surface area contributed by atoms with Gasteiger partial charge >= 0.3 is 6.18 Å². The minimum absolute atomic E-state index is 0.388. The molecule has 0 N–H and O–H groups in total. The standard InChI is InChI=1S/C23H31F3N6OS/c1-29-21(31-10-12-33-13-11-31)27-28-22(29)34-14-2-8-30-15-17-7-9-32(20(17)16-30)19-5-3-18(4-6-19)23(24,25)26/h3-6,17,20H,2,7-16H2,1H3/t17-,20?/m1/s1. The lowest BCUT2D eigenvalue weighted by Crippen LogP contribution is -2.37. The Kier molecular flexibility index (Phi) is 6.95. The van der Waals surface area contributed by atoms with Crippen molar-refractivity contribution in [3.63, 3.8) is 0 Å². The van der Waals surface area contributed by atoms with E-state index in [0.29, 0.717) is 12.0 Å². The number of hydrogen-bond acceptors (Lipinski definition) is 7. The molecule has 0 aliphatic carbocycles. The van der Waals surface area contributed by atoms with Crippen LogP contribution in [0.5, 0.6) is 0 Å². The van der Waals surface area contributed by atoms with E-state index in [1.165, 1.54) is 12.1 Å². The zero-order chi connectivity index (χ0) is 23.7. The van der Waals surface area contributed by atoms with E-state index < -0.39 is 11.7 Å². The summed E-state index contributed by atoms with van der Waals surface area (Å²) in [5, 5.41) is 9.69. The first-order valence-corrected chi connectivity index (χ1v) is 12.9. The fourth-order valence-corrected chi connectivity index (χ4v) is 6.15. The van der Waals surface area contributed by atoms with Gasteiger partial charge in [-0.15, -0.1) is 10.2 Å². The van der Waals surface area contributed by atoms with Crippen LogP contribution >= 0.6 is 11.8 Å². The average molecular weight is 497 g/mol. The van der Waals surface area contributed by atoms with Crippen molar-refractivity contribution in [2.24, 2.45) is 13.0 Å². The van der Waals surface area contributed by atoms with Crippen LogP contribution in [-0.2, 0) is 18.0 Å². The van der Waals surface area contributed by atoms with Crippen molar-refractivity contribution in [1.29, 1.82) is 0 Å². The Hall–Kier alpha value is -1.98. The van der Waals surface area contributed by atoms with Crippen molar-refractivity contribution in [2.45, 2.75) is 30.2 Å². The molecule has 0 saturated carbocycles. The van der Waals surface area contributed by atoms with Gasteiger partial charge in [0.15, 0.2) is 5.16 Å². The van der Waals surface area contributed by atoms with Crippen molar-refractivity contribution >= 4 is 23.4 Å². The summed E-state index contributed by atoms with van der Waals surface area (Å²) in [6, 6.07) is 6.03. The lowest BCUT2D eigenvalue weighted by atomic mass is 10.0. The number of fused-ring (bicyclic) bond motifs is 1. The van der Waals surface area contributed by atoms with Crippen molar-refractivity contribution in [1.82, 2.24) is 19.7 Å². The van der Waals surface area contributed by atoms with Crippen molar-refractivity contribution < 1.29 is 17.9 Å². The van der Waals surface area contributed by atoms with Crippen molar-refractivity contribution in [3.05, 3.63) is 29.8 Å². The minimum atomic E-state index is -4.29. The zero-order valence-corrected chi connectivity index (χ0v) is 20.2. The average Bonchev–Trinajstić information content (AvgIpc) is 3.51. The van der Waals surface area contributed by atoms with Gasteiger partial charge < -0.3 is 19.4 Å². The summed E-state index contributed by atoms with van der Waals surface area (Å²) in [5.74, 6) is 2.47. The summed E-state index contributed by atoms with van der Waals surface area (Å²) < 4.78 is 46.2. The maximum absolute atomic E-state index is 12.9. The van der Waals surface area contributed by atoms with Gasteiger partial charge in [-0.3, -0.25) is 4.57 Å². The normalized spacial score (nSPS) is 23.6. The monoisotopic (exact) mass is 496 g/mol. The highest BCUT2D eigenvalue weighted by Crippen LogP contribution is 2.37. The second-order valence-corrected chi connectivity index (χ2v) is 10.3. The van der Waals surface area contributed by atoms with E-state index in [1.807, 2.05) is 7.05 Å². The summed E-state index contributed by atoms with van der Waals surface area (Å²) in [4.78, 5) is 7.01. The molecule has 4 heterocycles. The molecule has 11 heteroatoms. The number of benzene rings is 1. The third kappa shape index (κ3) is 5.01. The van der Waals surface area contributed by atoms with Gasteiger partial charge in [0.1, 0.15) is 0 Å². The van der Waals surface area contributed by atoms with E-state index in [-0.39, 0.29) is 0 Å². The number of aromatic nitrogens is 3. The molecule has 2 aromatic rings. The Morgan fingerprint density at radius 1 is 1.06 bits per heavy atom. The summed E-state index contributed by atoms with van der Waals surface area (Å²) in [6.45, 7) is 7.12. The van der Waals surface area contributed by atoms with Crippen LogP contribution in [0.1, 0.15) is 18.4 Å². The third-order valence-corrected chi connectivity index (χ3v) is 8.21. The molecule has 2 atom stereocenters. The predicted molar refractivity (Wildman–Crippen MR) is 127 cm³/mol. The predicted octanol–water partition coefficient (Wildman–Crippen LogP) is 3.36. The molecule has 5 rings (SSSR count). The van der Waals surface area contributed by atoms with Gasteiger partial charge in [0.05, 0.1) is 18.8 Å². The fourth-order valence-electron chi connectivity index (χ4n) is 5.32. The fraction of sp³-hybridized carbons (Fsp3) is 0.652. The number of rotatable bonds is 7. The smallest absolute Gasteiger partial charge is 0.378 e. The summed E-state index contributed by atoms with van der Waals surface area (Å²) in [5.41, 5.74) is 0.314. The molecule has 3 saturated heterocycles. The number of alkyl halides is 3. The quantitative estimate of drug-likeness (QED) is 0.430. The van der Waals surface area contributed by atoms with Gasteiger partial charge in [0.25, 0.3) is 0 Å². The molecule has 3 aliphatic rings. The van der Waals surface area contributed by atoms with Crippen LogP contribution in [0.25, 0.3) is 0 Å². The van der Waals surface area contributed by atoms with E-state index in [0.717, 1.165) is 87.9 Å². The van der Waals surface area contributed by atoms with E-state index in [1.54, 1.807) is 23.9 Å². The van der Waals surface area contributed by atoms with Crippen LogP contribution in [0.2, 0.25) is 0 Å². The molecule has 3 aliphatic heterocycles. The van der Waals surface area contributed by atoms with Crippen LogP contribution in [0.3, 0.4) is 0 Å². The van der Waals surface area contributed by atoms with E-state index >= 15 is 0 Å². The molecule has 0 radical (unpaired) electrons. The Balaban J connectivity index is 1.09. The topological polar surface area (TPSA) is 49.7 Å². The van der Waals surface area contributed by atoms with Crippen LogP contribution in [-0.4, -0.2) is 83.9 Å². The molecule has 1 aromatic heterocycles. The Morgan fingerprint density at radius 2 is 1.82 bits per heavy atom. The Bertz CT molecular complexity index is 963. The highest BCUT2D eigenvalue weighted by molar-refractivity contribution is 7.99. The summed E-state index contributed by atoms with van der Waals surface area (Å²) in [7, 11) is 2.02. The molecule has 0 spiro atoms. The molecule has 1 aromatic carbocycles. The van der Waals surface area contributed by atoms with Crippen LogP contribution < -0.4 is 9.80 Å². The van der Waals surface area contributed by atoms with Crippen LogP contribution in [0.15, 0.2) is 29.4 Å². The van der Waals surface area contributed by atoms with Crippen molar-refractivity contribution in [2.75, 3.05) is 68.0 Å². The van der Waals surface area contributed by atoms with E-state index in [4.69, 9.17) is 4.74 Å². The Labute approximate surface area is 202 Å². The molecular formula is C23H31F3N6OS. The summed E-state index contributed by atoms with van der Waals surface area (Å²) >= 11 is 1.74. The number of morpholine rings is 1. The highest BCUT2D eigenvalue weighted by atomic mass is 32.2. The number of nitrogens with zero attached hydrogens (tertiary/aromatic N) is 6. The number of thioether (sulfide) groups is 1. The maximum Gasteiger partial charge on any atom is 0.416 e. The van der Waals surface area contributed by atoms with Gasteiger partial charge in [-0.05, 0) is 49.6 Å². The molecule has 34 heavy (non-hydrogen) atoms. The molecule has 0 bridgehead atoms. The van der Waals surface area contributed by atoms with Crippen LogP contribution in [0, 0.1) is 5.92 Å². The molecular weight excluding hydrogens is 465 g/mol. The van der Waals surface area contributed by atoms with Gasteiger partial charge in [0.2, 0.25) is 5.95 Å². The molecule has 3 fully saturated rings. The zero-order valence-electron chi connectivity index (χ0n) is 19.4. The summed E-state index contributed by atoms with van der Waals surface area (Å²) in [6.07, 6.45) is -2.13. The number of likely N-dealkylation sites (tertiary alicyclic amines) is 1. The SMILES string of the molecule is Cn1c(SCCCN2CC3[C@H](CCN3c3ccc(C(F)(F)F)cc3)C2)nnc1N1CCOCC1. The minimum Gasteiger partial charge on any atom is -0.378 e. The van der Waals surface area contributed by atoms with Gasteiger partial charge in [-0.25, -0.2) is 0 Å². The number of hydrogen-bond donors (Lipinski definition) is 0. The second-order valence-electron chi connectivity index (χ2n) is 9.26. The van der Waals surface area contributed by atoms with E-state index in [9.17, 15) is 13.2 Å². The molecule has 186 valence electrons. The first-order valence-electron chi connectivity index (χ1n) is 11.9. The molecule has 0 amide bonds. The third-order valence-electron chi connectivity index (χ3n) is 7.11. The Morgan fingerprint density at radius 3 is 2.56 bits per heavy atom. The molecule has 1 unspecified atom stereocenters. The first kappa shape index (κ1) is 23.7. The first-order chi connectivity index (χ1) is 16.4. The number of ether oxygens (including phenoxy) is 1. The van der Waals surface area contributed by atoms with Gasteiger partial charge in [-0.2, -0.15) is 13.2 Å². The number of anilines is 2. The largest absolute Gasteiger partial charge is 0.416 e. The molecule has 7 nitrogen and oxygen atoms in total. The van der Waals surface area contributed by atoms with E-state index in [2.05, 4.69) is 29.5 Å². The highest BCUT2D eigenvalue weighted by Gasteiger charge is 2.41. The lowest BCUT2D eigenvalue weighted by molar-refractivity contribution is -0.137. The van der Waals surface area contributed by atoms with Gasteiger partial charge in [0, 0.05) is 57.3 Å². The maximum atomic E-state index is 12.9. The number of halogens is 3.